The number of carbonyl (C=O) groups excluding carboxylic acids is 2. The number of carbonyl (C=O) groups is 2. The van der Waals surface area contributed by atoms with E-state index in [1.54, 1.807) is 0 Å². The molecule has 0 unspecified atom stereocenters. The molecule has 0 radical (unpaired) electrons. The van der Waals surface area contributed by atoms with Crippen molar-refractivity contribution in [3.05, 3.63) is 35.4 Å². The third-order valence-electron chi connectivity index (χ3n) is 5.31. The zero-order valence-corrected chi connectivity index (χ0v) is 14.7. The summed E-state index contributed by atoms with van der Waals surface area (Å²) in [6.07, 6.45) is 6.35. The Bertz CT molecular complexity index is 583. The minimum absolute atomic E-state index is 0.0966. The molecule has 4 nitrogen and oxygen atoms in total. The molecule has 0 bridgehead atoms. The molecule has 0 saturated carbocycles. The lowest BCUT2D eigenvalue weighted by Gasteiger charge is -2.34. The molecule has 130 valence electrons. The van der Waals surface area contributed by atoms with E-state index in [4.69, 9.17) is 0 Å². The van der Waals surface area contributed by atoms with E-state index in [-0.39, 0.29) is 11.8 Å². The van der Waals surface area contributed by atoms with Crippen LogP contribution in [0.15, 0.2) is 24.3 Å². The fraction of sp³-hybridized carbons (Fsp3) is 0.600. The molecule has 2 fully saturated rings. The molecule has 1 aromatic carbocycles. The van der Waals surface area contributed by atoms with Gasteiger partial charge in [-0.25, -0.2) is 0 Å². The third-order valence-corrected chi connectivity index (χ3v) is 5.31. The molecule has 0 spiro atoms. The maximum absolute atomic E-state index is 12.7. The van der Waals surface area contributed by atoms with Crippen molar-refractivity contribution < 1.29 is 9.59 Å². The van der Waals surface area contributed by atoms with Crippen LogP contribution in [0.3, 0.4) is 0 Å². The SMILES string of the molecule is Cc1cccc(C(=O)N2CCC(C(=O)N3CCCCCC3)CC2)c1. The number of likely N-dealkylation sites (tertiary alicyclic amines) is 2. The van der Waals surface area contributed by atoms with Gasteiger partial charge in [-0.15, -0.1) is 0 Å². The molecule has 2 heterocycles. The highest BCUT2D eigenvalue weighted by molar-refractivity contribution is 5.94. The smallest absolute Gasteiger partial charge is 0.253 e. The van der Waals surface area contributed by atoms with E-state index < -0.39 is 0 Å². The lowest BCUT2D eigenvalue weighted by Crippen LogP contribution is -2.44. The molecular formula is C20H28N2O2. The van der Waals surface area contributed by atoms with E-state index in [1.165, 1.54) is 12.8 Å². The predicted octanol–water partition coefficient (Wildman–Crippen LogP) is 3.25. The van der Waals surface area contributed by atoms with Crippen molar-refractivity contribution in [1.29, 1.82) is 0 Å². The van der Waals surface area contributed by atoms with Crippen molar-refractivity contribution in [2.24, 2.45) is 5.92 Å². The maximum Gasteiger partial charge on any atom is 0.253 e. The Morgan fingerprint density at radius 3 is 2.21 bits per heavy atom. The predicted molar refractivity (Wildman–Crippen MR) is 94.9 cm³/mol. The quantitative estimate of drug-likeness (QED) is 0.836. The van der Waals surface area contributed by atoms with Crippen LogP contribution in [-0.4, -0.2) is 47.8 Å². The van der Waals surface area contributed by atoms with Crippen LogP contribution in [0, 0.1) is 12.8 Å². The Hall–Kier alpha value is -1.84. The van der Waals surface area contributed by atoms with Gasteiger partial charge >= 0.3 is 0 Å². The van der Waals surface area contributed by atoms with Gasteiger partial charge in [0.2, 0.25) is 5.91 Å². The summed E-state index contributed by atoms with van der Waals surface area (Å²) in [5.41, 5.74) is 1.86. The monoisotopic (exact) mass is 328 g/mol. The van der Waals surface area contributed by atoms with E-state index in [0.29, 0.717) is 19.0 Å². The highest BCUT2D eigenvalue weighted by atomic mass is 16.2. The summed E-state index contributed by atoms with van der Waals surface area (Å²) in [6.45, 7) is 5.22. The maximum atomic E-state index is 12.7. The molecule has 4 heteroatoms. The average molecular weight is 328 g/mol. The summed E-state index contributed by atoms with van der Waals surface area (Å²) in [5.74, 6) is 0.517. The highest BCUT2D eigenvalue weighted by Gasteiger charge is 2.30. The van der Waals surface area contributed by atoms with Gasteiger partial charge in [0.1, 0.15) is 0 Å². The first-order valence-electron chi connectivity index (χ1n) is 9.30. The molecule has 1 aromatic rings. The van der Waals surface area contributed by atoms with Gasteiger partial charge in [-0.3, -0.25) is 9.59 Å². The molecule has 2 aliphatic heterocycles. The Kier molecular flexibility index (Phi) is 5.54. The number of hydrogen-bond acceptors (Lipinski definition) is 2. The molecule has 2 amide bonds. The van der Waals surface area contributed by atoms with Crippen LogP contribution >= 0.6 is 0 Å². The van der Waals surface area contributed by atoms with Gasteiger partial charge in [0.25, 0.3) is 5.91 Å². The summed E-state index contributed by atoms with van der Waals surface area (Å²) in [7, 11) is 0. The lowest BCUT2D eigenvalue weighted by atomic mass is 9.94. The number of amides is 2. The van der Waals surface area contributed by atoms with Gasteiger partial charge in [0, 0.05) is 37.7 Å². The Morgan fingerprint density at radius 1 is 0.917 bits per heavy atom. The van der Waals surface area contributed by atoms with Crippen LogP contribution in [0.1, 0.15) is 54.4 Å². The molecular weight excluding hydrogens is 300 g/mol. The lowest BCUT2D eigenvalue weighted by molar-refractivity contribution is -0.136. The van der Waals surface area contributed by atoms with E-state index >= 15 is 0 Å². The van der Waals surface area contributed by atoms with E-state index in [2.05, 4.69) is 4.90 Å². The summed E-state index contributed by atoms with van der Waals surface area (Å²) >= 11 is 0. The molecule has 2 saturated heterocycles. The van der Waals surface area contributed by atoms with Crippen LogP contribution in [0.2, 0.25) is 0 Å². The zero-order chi connectivity index (χ0) is 16.9. The summed E-state index contributed by atoms with van der Waals surface area (Å²) in [4.78, 5) is 29.3. The average Bonchev–Trinajstić information content (AvgIpc) is 2.90. The third kappa shape index (κ3) is 3.97. The number of benzene rings is 1. The summed E-state index contributed by atoms with van der Waals surface area (Å²) in [6, 6.07) is 7.75. The molecule has 0 N–H and O–H groups in total. The van der Waals surface area contributed by atoms with Gasteiger partial charge in [0.15, 0.2) is 0 Å². The van der Waals surface area contributed by atoms with E-state index in [1.807, 2.05) is 36.1 Å². The minimum atomic E-state index is 0.0966. The molecule has 0 aromatic heterocycles. The number of hydrogen-bond donors (Lipinski definition) is 0. The van der Waals surface area contributed by atoms with E-state index in [0.717, 1.165) is 49.9 Å². The molecule has 2 aliphatic rings. The van der Waals surface area contributed by atoms with Gasteiger partial charge in [-0.2, -0.15) is 0 Å². The summed E-state index contributed by atoms with van der Waals surface area (Å²) in [5, 5.41) is 0. The van der Waals surface area contributed by atoms with Crippen molar-refractivity contribution in [2.75, 3.05) is 26.2 Å². The van der Waals surface area contributed by atoms with Crippen LogP contribution in [0.4, 0.5) is 0 Å². The number of aryl methyl sites for hydroxylation is 1. The Labute approximate surface area is 144 Å². The largest absolute Gasteiger partial charge is 0.342 e. The van der Waals surface area contributed by atoms with Crippen LogP contribution in [0.5, 0.6) is 0 Å². The van der Waals surface area contributed by atoms with Gasteiger partial charge in [-0.05, 0) is 44.7 Å². The second-order valence-electron chi connectivity index (χ2n) is 7.18. The van der Waals surface area contributed by atoms with Crippen LogP contribution in [-0.2, 0) is 4.79 Å². The van der Waals surface area contributed by atoms with Crippen molar-refractivity contribution in [3.63, 3.8) is 0 Å². The van der Waals surface area contributed by atoms with Crippen LogP contribution < -0.4 is 0 Å². The second kappa shape index (κ2) is 7.82. The van der Waals surface area contributed by atoms with Crippen molar-refractivity contribution in [3.8, 4) is 0 Å². The first-order chi connectivity index (χ1) is 11.6. The highest BCUT2D eigenvalue weighted by Crippen LogP contribution is 2.23. The molecule has 0 aliphatic carbocycles. The normalized spacial score (nSPS) is 19.9. The molecule has 0 atom stereocenters. The second-order valence-corrected chi connectivity index (χ2v) is 7.18. The first-order valence-corrected chi connectivity index (χ1v) is 9.30. The van der Waals surface area contributed by atoms with Gasteiger partial charge in [0.05, 0.1) is 0 Å². The zero-order valence-electron chi connectivity index (χ0n) is 14.7. The van der Waals surface area contributed by atoms with Crippen molar-refractivity contribution in [2.45, 2.75) is 45.4 Å². The standard InChI is InChI=1S/C20H28N2O2/c1-16-7-6-8-18(15-16)20(24)22-13-9-17(10-14-22)19(23)21-11-4-2-3-5-12-21/h6-8,15,17H,2-5,9-14H2,1H3. The van der Waals surface area contributed by atoms with Gasteiger partial charge < -0.3 is 9.80 Å². The van der Waals surface area contributed by atoms with E-state index in [9.17, 15) is 9.59 Å². The fourth-order valence-corrected chi connectivity index (χ4v) is 3.84. The minimum Gasteiger partial charge on any atom is -0.342 e. The molecule has 24 heavy (non-hydrogen) atoms. The van der Waals surface area contributed by atoms with Crippen LogP contribution in [0.25, 0.3) is 0 Å². The fourth-order valence-electron chi connectivity index (χ4n) is 3.84. The topological polar surface area (TPSA) is 40.6 Å². The first kappa shape index (κ1) is 17.0. The molecule has 3 rings (SSSR count). The Morgan fingerprint density at radius 2 is 1.58 bits per heavy atom. The number of nitrogens with zero attached hydrogens (tertiary/aromatic N) is 2. The van der Waals surface area contributed by atoms with Gasteiger partial charge in [-0.1, -0.05) is 30.5 Å². The summed E-state index contributed by atoms with van der Waals surface area (Å²) < 4.78 is 0. The Balaban J connectivity index is 1.55. The van der Waals surface area contributed by atoms with Crippen molar-refractivity contribution in [1.82, 2.24) is 9.80 Å². The number of rotatable bonds is 2. The van der Waals surface area contributed by atoms with Crippen molar-refractivity contribution >= 4 is 11.8 Å². The number of piperidine rings is 1.